The van der Waals surface area contributed by atoms with E-state index in [0.29, 0.717) is 12.6 Å². The molecule has 118 valence electrons. The molecule has 21 heavy (non-hydrogen) atoms. The third kappa shape index (κ3) is 4.70. The van der Waals surface area contributed by atoms with Crippen LogP contribution in [0.25, 0.3) is 0 Å². The van der Waals surface area contributed by atoms with Crippen molar-refractivity contribution in [1.82, 2.24) is 10.2 Å². The number of benzene rings is 1. The molecule has 2 unspecified atom stereocenters. The Bertz CT molecular complexity index is 450. The fraction of sp³-hybridized carbons (Fsp3) is 0.647. The SMILES string of the molecule is CCNC(C)c1ccc(C)cc1OCC1CN(C)CCO1. The van der Waals surface area contributed by atoms with E-state index in [9.17, 15) is 0 Å². The number of likely N-dealkylation sites (N-methyl/N-ethyl adjacent to an activating group) is 1. The van der Waals surface area contributed by atoms with Gasteiger partial charge in [-0.05, 0) is 39.1 Å². The second-order valence-corrected chi connectivity index (χ2v) is 5.89. The molecule has 1 aromatic rings. The summed E-state index contributed by atoms with van der Waals surface area (Å²) in [6, 6.07) is 6.71. The van der Waals surface area contributed by atoms with Gasteiger partial charge in [-0.1, -0.05) is 19.1 Å². The Hall–Kier alpha value is -1.10. The van der Waals surface area contributed by atoms with Gasteiger partial charge in [-0.2, -0.15) is 0 Å². The van der Waals surface area contributed by atoms with Gasteiger partial charge in [0.2, 0.25) is 0 Å². The molecule has 1 heterocycles. The Morgan fingerprint density at radius 1 is 1.48 bits per heavy atom. The van der Waals surface area contributed by atoms with E-state index >= 15 is 0 Å². The minimum absolute atomic E-state index is 0.159. The molecule has 0 saturated carbocycles. The fourth-order valence-electron chi connectivity index (χ4n) is 2.69. The Balaban J connectivity index is 2.02. The number of rotatable bonds is 6. The summed E-state index contributed by atoms with van der Waals surface area (Å²) in [7, 11) is 2.13. The highest BCUT2D eigenvalue weighted by Gasteiger charge is 2.19. The van der Waals surface area contributed by atoms with Crippen LogP contribution in [-0.2, 0) is 4.74 Å². The number of hydrogen-bond acceptors (Lipinski definition) is 4. The van der Waals surface area contributed by atoms with Gasteiger partial charge in [0.1, 0.15) is 18.5 Å². The predicted octanol–water partition coefficient (Wildman–Crippen LogP) is 2.37. The highest BCUT2D eigenvalue weighted by atomic mass is 16.5. The minimum Gasteiger partial charge on any atom is -0.490 e. The summed E-state index contributed by atoms with van der Waals surface area (Å²) in [6.07, 6.45) is 0.159. The molecule has 0 aliphatic carbocycles. The third-order valence-electron chi connectivity index (χ3n) is 3.91. The number of aryl methyl sites for hydroxylation is 1. The summed E-state index contributed by atoms with van der Waals surface area (Å²) in [5.41, 5.74) is 2.44. The maximum atomic E-state index is 6.08. The molecule has 0 bridgehead atoms. The van der Waals surface area contributed by atoms with Gasteiger partial charge in [-0.25, -0.2) is 0 Å². The zero-order chi connectivity index (χ0) is 15.2. The lowest BCUT2D eigenvalue weighted by molar-refractivity contribution is -0.0405. The highest BCUT2D eigenvalue weighted by Crippen LogP contribution is 2.26. The van der Waals surface area contributed by atoms with Gasteiger partial charge in [0, 0.05) is 24.7 Å². The number of morpholine rings is 1. The second kappa shape index (κ2) is 7.78. The Morgan fingerprint density at radius 3 is 3.00 bits per heavy atom. The summed E-state index contributed by atoms with van der Waals surface area (Å²) < 4.78 is 11.8. The fourth-order valence-corrected chi connectivity index (χ4v) is 2.69. The number of nitrogens with zero attached hydrogens (tertiary/aromatic N) is 1. The van der Waals surface area contributed by atoms with Crippen LogP contribution in [0, 0.1) is 6.92 Å². The molecular weight excluding hydrogens is 264 g/mol. The smallest absolute Gasteiger partial charge is 0.124 e. The van der Waals surface area contributed by atoms with E-state index in [4.69, 9.17) is 9.47 Å². The molecule has 2 rings (SSSR count). The van der Waals surface area contributed by atoms with Crippen LogP contribution >= 0.6 is 0 Å². The molecule has 0 radical (unpaired) electrons. The molecule has 4 nitrogen and oxygen atoms in total. The van der Waals surface area contributed by atoms with E-state index in [-0.39, 0.29) is 6.10 Å². The van der Waals surface area contributed by atoms with Crippen LogP contribution in [0.2, 0.25) is 0 Å². The molecule has 2 atom stereocenters. The topological polar surface area (TPSA) is 33.7 Å². The van der Waals surface area contributed by atoms with Crippen LogP contribution in [0.5, 0.6) is 5.75 Å². The van der Waals surface area contributed by atoms with Crippen molar-refractivity contribution in [2.24, 2.45) is 0 Å². The molecule has 1 aliphatic heterocycles. The summed E-state index contributed by atoms with van der Waals surface area (Å²) in [5, 5.41) is 3.45. The maximum absolute atomic E-state index is 6.08. The van der Waals surface area contributed by atoms with Gasteiger partial charge >= 0.3 is 0 Å². The van der Waals surface area contributed by atoms with Gasteiger partial charge in [0.05, 0.1) is 6.61 Å². The van der Waals surface area contributed by atoms with Crippen LogP contribution in [0.15, 0.2) is 18.2 Å². The lowest BCUT2D eigenvalue weighted by atomic mass is 10.0. The van der Waals surface area contributed by atoms with Crippen molar-refractivity contribution in [2.75, 3.05) is 39.9 Å². The predicted molar refractivity (Wildman–Crippen MR) is 86.0 cm³/mol. The Morgan fingerprint density at radius 2 is 2.29 bits per heavy atom. The Labute approximate surface area is 128 Å². The summed E-state index contributed by atoms with van der Waals surface area (Å²) >= 11 is 0. The van der Waals surface area contributed by atoms with Crippen LogP contribution in [0.3, 0.4) is 0 Å². The minimum atomic E-state index is 0.159. The molecule has 0 amide bonds. The molecule has 1 N–H and O–H groups in total. The zero-order valence-corrected chi connectivity index (χ0v) is 13.7. The first-order valence-electron chi connectivity index (χ1n) is 7.87. The zero-order valence-electron chi connectivity index (χ0n) is 13.7. The third-order valence-corrected chi connectivity index (χ3v) is 3.91. The van der Waals surface area contributed by atoms with Crippen molar-refractivity contribution < 1.29 is 9.47 Å². The molecule has 1 fully saturated rings. The quantitative estimate of drug-likeness (QED) is 0.873. The number of hydrogen-bond donors (Lipinski definition) is 1. The first kappa shape index (κ1) is 16.3. The molecule has 0 aromatic heterocycles. The van der Waals surface area contributed by atoms with E-state index in [1.807, 2.05) is 0 Å². The van der Waals surface area contributed by atoms with Crippen LogP contribution in [-0.4, -0.2) is 50.9 Å². The van der Waals surface area contributed by atoms with Gasteiger partial charge in [-0.15, -0.1) is 0 Å². The van der Waals surface area contributed by atoms with Gasteiger partial charge in [0.15, 0.2) is 0 Å². The first-order chi connectivity index (χ1) is 10.1. The van der Waals surface area contributed by atoms with E-state index < -0.39 is 0 Å². The van der Waals surface area contributed by atoms with E-state index in [0.717, 1.165) is 32.0 Å². The lowest BCUT2D eigenvalue weighted by Gasteiger charge is -2.30. The van der Waals surface area contributed by atoms with Crippen LogP contribution in [0.4, 0.5) is 0 Å². The van der Waals surface area contributed by atoms with E-state index in [2.05, 4.69) is 56.2 Å². The maximum Gasteiger partial charge on any atom is 0.124 e. The lowest BCUT2D eigenvalue weighted by Crippen LogP contribution is -2.42. The molecule has 1 saturated heterocycles. The van der Waals surface area contributed by atoms with Gasteiger partial charge in [0.25, 0.3) is 0 Å². The molecular formula is C17H28N2O2. The molecule has 1 aliphatic rings. The van der Waals surface area contributed by atoms with Crippen molar-refractivity contribution in [3.63, 3.8) is 0 Å². The van der Waals surface area contributed by atoms with Crippen molar-refractivity contribution in [3.05, 3.63) is 29.3 Å². The molecule has 1 aromatic carbocycles. The van der Waals surface area contributed by atoms with Crippen LogP contribution < -0.4 is 10.1 Å². The second-order valence-electron chi connectivity index (χ2n) is 5.89. The van der Waals surface area contributed by atoms with Crippen molar-refractivity contribution in [1.29, 1.82) is 0 Å². The number of nitrogens with one attached hydrogen (secondary N) is 1. The summed E-state index contributed by atoms with van der Waals surface area (Å²) in [6.45, 7) is 10.7. The van der Waals surface area contributed by atoms with Gasteiger partial charge in [-0.3, -0.25) is 0 Å². The Kier molecular flexibility index (Phi) is 6.03. The summed E-state index contributed by atoms with van der Waals surface area (Å²) in [4.78, 5) is 2.29. The van der Waals surface area contributed by atoms with Gasteiger partial charge < -0.3 is 19.7 Å². The molecule has 4 heteroatoms. The summed E-state index contributed by atoms with van der Waals surface area (Å²) in [5.74, 6) is 0.972. The van der Waals surface area contributed by atoms with Crippen molar-refractivity contribution in [2.45, 2.75) is 32.9 Å². The monoisotopic (exact) mass is 292 g/mol. The number of ether oxygens (including phenoxy) is 2. The first-order valence-corrected chi connectivity index (χ1v) is 7.87. The van der Waals surface area contributed by atoms with E-state index in [1.165, 1.54) is 11.1 Å². The average molecular weight is 292 g/mol. The largest absolute Gasteiger partial charge is 0.490 e. The van der Waals surface area contributed by atoms with E-state index in [1.54, 1.807) is 0 Å². The van der Waals surface area contributed by atoms with Crippen molar-refractivity contribution >= 4 is 0 Å². The highest BCUT2D eigenvalue weighted by molar-refractivity contribution is 5.39. The average Bonchev–Trinajstić information content (AvgIpc) is 2.45. The normalized spacial score (nSPS) is 21.2. The van der Waals surface area contributed by atoms with Crippen molar-refractivity contribution in [3.8, 4) is 5.75 Å². The molecule has 0 spiro atoms. The van der Waals surface area contributed by atoms with Crippen LogP contribution in [0.1, 0.15) is 31.0 Å². The standard InChI is InChI=1S/C17H28N2O2/c1-5-18-14(3)16-7-6-13(2)10-17(16)21-12-15-11-19(4)8-9-20-15/h6-7,10,14-15,18H,5,8-9,11-12H2,1-4H3.